The molecule has 2 heterocycles. The third-order valence-electron chi connectivity index (χ3n) is 6.03. The van der Waals surface area contributed by atoms with Gasteiger partial charge in [0.1, 0.15) is 5.82 Å². The molecule has 2 atom stereocenters. The Kier molecular flexibility index (Phi) is 5.10. The zero-order valence-electron chi connectivity index (χ0n) is 15.8. The van der Waals surface area contributed by atoms with Gasteiger partial charge in [-0.25, -0.2) is 4.98 Å². The molecule has 2 fully saturated rings. The summed E-state index contributed by atoms with van der Waals surface area (Å²) in [7, 11) is 1.69. The average molecular weight is 389 g/mol. The van der Waals surface area contributed by atoms with Crippen molar-refractivity contribution in [1.29, 1.82) is 0 Å². The number of amides is 1. The summed E-state index contributed by atoms with van der Waals surface area (Å²) in [6, 6.07) is 5.91. The number of carbonyl (C=O) groups is 1. The quantitative estimate of drug-likeness (QED) is 0.825. The largest absolute Gasteiger partial charge is 0.384 e. The Hall–Kier alpha value is -1.69. The summed E-state index contributed by atoms with van der Waals surface area (Å²) in [4.78, 5) is 17.1. The fraction of sp³-hybridized carbons (Fsp3) is 0.524. The van der Waals surface area contributed by atoms with E-state index in [9.17, 15) is 4.79 Å². The minimum atomic E-state index is 0.0747. The molecular weight excluding hydrogens is 364 g/mol. The molecular formula is C21H25ClN2O3. The van der Waals surface area contributed by atoms with Gasteiger partial charge in [-0.15, -0.1) is 0 Å². The lowest BCUT2D eigenvalue weighted by molar-refractivity contribution is -0.118. The van der Waals surface area contributed by atoms with E-state index in [-0.39, 0.29) is 23.2 Å². The number of hydrogen-bond donors (Lipinski definition) is 1. The van der Waals surface area contributed by atoms with Crippen LogP contribution in [0.25, 0.3) is 10.8 Å². The van der Waals surface area contributed by atoms with Crippen LogP contribution in [0.1, 0.15) is 37.7 Å². The standard InChI is InChI=1S/C21H25ClN2O3/c1-13(12-26-2)16-7-14-9-19(23-11-15(14)8-18(16)22)24-20(25)17-10-21(17)3-5-27-6-4-21/h7-9,11,13,17H,3-6,10,12H2,1-2H3,(H,23,24,25)/t13-,17?/m1/s1. The maximum atomic E-state index is 12.7. The minimum Gasteiger partial charge on any atom is -0.384 e. The normalized spacial score (nSPS) is 22.0. The first-order chi connectivity index (χ1) is 13.0. The number of methoxy groups -OCH3 is 1. The van der Waals surface area contributed by atoms with Gasteiger partial charge >= 0.3 is 0 Å². The first kappa shape index (κ1) is 18.7. The molecule has 1 aromatic carbocycles. The Morgan fingerprint density at radius 3 is 2.89 bits per heavy atom. The van der Waals surface area contributed by atoms with Crippen molar-refractivity contribution >= 4 is 34.1 Å². The molecule has 2 aromatic rings. The molecule has 0 bridgehead atoms. The van der Waals surface area contributed by atoms with E-state index in [2.05, 4.69) is 23.3 Å². The lowest BCUT2D eigenvalue weighted by atomic mass is 9.93. The molecule has 1 aliphatic heterocycles. The zero-order valence-corrected chi connectivity index (χ0v) is 16.5. The van der Waals surface area contributed by atoms with Crippen LogP contribution in [0, 0.1) is 11.3 Å². The highest BCUT2D eigenvalue weighted by molar-refractivity contribution is 6.32. The number of aromatic nitrogens is 1. The van der Waals surface area contributed by atoms with Crippen LogP contribution in [0.2, 0.25) is 5.02 Å². The minimum absolute atomic E-state index is 0.0747. The van der Waals surface area contributed by atoms with Crippen LogP contribution in [0.15, 0.2) is 24.4 Å². The summed E-state index contributed by atoms with van der Waals surface area (Å²) in [5.74, 6) is 0.944. The van der Waals surface area contributed by atoms with Gasteiger partial charge in [-0.3, -0.25) is 4.79 Å². The van der Waals surface area contributed by atoms with Gasteiger partial charge < -0.3 is 14.8 Å². The van der Waals surface area contributed by atoms with Gasteiger partial charge in [-0.2, -0.15) is 0 Å². The van der Waals surface area contributed by atoms with Crippen molar-refractivity contribution in [1.82, 2.24) is 4.98 Å². The Morgan fingerprint density at radius 1 is 1.37 bits per heavy atom. The zero-order chi connectivity index (χ0) is 19.0. The molecule has 6 heteroatoms. The van der Waals surface area contributed by atoms with Crippen molar-refractivity contribution in [3.05, 3.63) is 35.0 Å². The first-order valence-electron chi connectivity index (χ1n) is 9.49. The predicted octanol–water partition coefficient (Wildman–Crippen LogP) is 4.39. The summed E-state index contributed by atoms with van der Waals surface area (Å²) in [6.07, 6.45) is 4.69. The maximum Gasteiger partial charge on any atom is 0.229 e. The fourth-order valence-corrected chi connectivity index (χ4v) is 4.59. The van der Waals surface area contributed by atoms with Gasteiger partial charge in [0.25, 0.3) is 0 Å². The van der Waals surface area contributed by atoms with E-state index in [1.165, 1.54) is 0 Å². The molecule has 1 unspecified atom stereocenters. The number of benzene rings is 1. The fourth-order valence-electron chi connectivity index (χ4n) is 4.23. The van der Waals surface area contributed by atoms with Gasteiger partial charge in [-0.05, 0) is 53.8 Å². The molecule has 4 rings (SSSR count). The molecule has 2 aliphatic rings. The third-order valence-corrected chi connectivity index (χ3v) is 6.36. The number of halogens is 1. The summed E-state index contributed by atoms with van der Waals surface area (Å²) < 4.78 is 10.7. The van der Waals surface area contributed by atoms with Crippen LogP contribution < -0.4 is 5.32 Å². The molecule has 1 spiro atoms. The van der Waals surface area contributed by atoms with Crippen molar-refractivity contribution in [2.24, 2.45) is 11.3 Å². The second-order valence-corrected chi connectivity index (χ2v) is 8.27. The summed E-state index contributed by atoms with van der Waals surface area (Å²) in [6.45, 7) is 4.22. The third kappa shape index (κ3) is 3.68. The number of pyridine rings is 1. The smallest absolute Gasteiger partial charge is 0.229 e. The number of anilines is 1. The highest BCUT2D eigenvalue weighted by Gasteiger charge is 2.58. The average Bonchev–Trinajstić information content (AvgIpc) is 3.35. The van der Waals surface area contributed by atoms with Crippen molar-refractivity contribution in [3.63, 3.8) is 0 Å². The molecule has 1 saturated heterocycles. The maximum absolute atomic E-state index is 12.7. The van der Waals surface area contributed by atoms with Crippen LogP contribution in [-0.4, -0.2) is 37.8 Å². The Morgan fingerprint density at radius 2 is 2.15 bits per heavy atom. The molecule has 1 N–H and O–H groups in total. The SMILES string of the molecule is COC[C@@H](C)c1cc2cc(NC(=O)C3CC34CCOCC4)ncc2cc1Cl. The van der Waals surface area contributed by atoms with Crippen LogP contribution in [0.4, 0.5) is 5.82 Å². The van der Waals surface area contributed by atoms with E-state index >= 15 is 0 Å². The number of rotatable bonds is 5. The molecule has 1 amide bonds. The van der Waals surface area contributed by atoms with E-state index in [1.807, 2.05) is 12.1 Å². The van der Waals surface area contributed by atoms with Gasteiger partial charge in [0.15, 0.2) is 0 Å². The number of carbonyl (C=O) groups excluding carboxylic acids is 1. The van der Waals surface area contributed by atoms with E-state index in [0.717, 1.165) is 48.8 Å². The Bertz CT molecular complexity index is 864. The summed E-state index contributed by atoms with van der Waals surface area (Å²) in [5, 5.41) is 5.69. The molecule has 27 heavy (non-hydrogen) atoms. The summed E-state index contributed by atoms with van der Waals surface area (Å²) >= 11 is 6.43. The van der Waals surface area contributed by atoms with Crippen LogP contribution in [0.5, 0.6) is 0 Å². The lowest BCUT2D eigenvalue weighted by Gasteiger charge is -2.22. The second kappa shape index (κ2) is 7.38. The van der Waals surface area contributed by atoms with Crippen molar-refractivity contribution in [2.45, 2.75) is 32.1 Å². The first-order valence-corrected chi connectivity index (χ1v) is 9.87. The Balaban J connectivity index is 1.52. The van der Waals surface area contributed by atoms with Gasteiger partial charge in [0.2, 0.25) is 5.91 Å². The molecule has 1 aliphatic carbocycles. The van der Waals surface area contributed by atoms with Crippen LogP contribution >= 0.6 is 11.6 Å². The van der Waals surface area contributed by atoms with E-state index in [0.29, 0.717) is 17.4 Å². The number of fused-ring (bicyclic) bond motifs is 1. The van der Waals surface area contributed by atoms with E-state index in [1.54, 1.807) is 13.3 Å². The van der Waals surface area contributed by atoms with Crippen LogP contribution in [0.3, 0.4) is 0 Å². The molecule has 1 aromatic heterocycles. The predicted molar refractivity (Wildman–Crippen MR) is 106 cm³/mol. The number of hydrogen-bond acceptors (Lipinski definition) is 4. The molecule has 1 saturated carbocycles. The highest BCUT2D eigenvalue weighted by atomic mass is 35.5. The van der Waals surface area contributed by atoms with E-state index in [4.69, 9.17) is 21.1 Å². The van der Waals surface area contributed by atoms with Gasteiger partial charge in [0, 0.05) is 48.8 Å². The molecule has 0 radical (unpaired) electrons. The lowest BCUT2D eigenvalue weighted by Crippen LogP contribution is -2.24. The Labute approximate surface area is 164 Å². The topological polar surface area (TPSA) is 60.5 Å². The van der Waals surface area contributed by atoms with Crippen molar-refractivity contribution in [2.75, 3.05) is 32.2 Å². The monoisotopic (exact) mass is 388 g/mol. The second-order valence-electron chi connectivity index (χ2n) is 7.87. The molecule has 144 valence electrons. The van der Waals surface area contributed by atoms with Crippen molar-refractivity contribution < 1.29 is 14.3 Å². The number of nitrogens with zero attached hydrogens (tertiary/aromatic N) is 1. The summed E-state index contributed by atoms with van der Waals surface area (Å²) in [5.41, 5.74) is 1.20. The highest BCUT2D eigenvalue weighted by Crippen LogP contribution is 2.59. The van der Waals surface area contributed by atoms with Crippen LogP contribution in [-0.2, 0) is 14.3 Å². The van der Waals surface area contributed by atoms with Crippen molar-refractivity contribution in [3.8, 4) is 0 Å². The van der Waals surface area contributed by atoms with Gasteiger partial charge in [0.05, 0.1) is 6.61 Å². The van der Waals surface area contributed by atoms with E-state index < -0.39 is 0 Å². The number of ether oxygens (including phenoxy) is 2. The molecule has 5 nitrogen and oxygen atoms in total. The van der Waals surface area contributed by atoms with Gasteiger partial charge in [-0.1, -0.05) is 18.5 Å². The number of nitrogens with one attached hydrogen (secondary N) is 1.